The molecule has 0 radical (unpaired) electrons. The van der Waals surface area contributed by atoms with Crippen LogP contribution < -0.4 is 10.1 Å². The second-order valence-corrected chi connectivity index (χ2v) is 4.73. The number of hydrogen-bond acceptors (Lipinski definition) is 3. The summed E-state index contributed by atoms with van der Waals surface area (Å²) in [6.45, 7) is 4.02. The molecule has 104 valence electrons. The molecule has 20 heavy (non-hydrogen) atoms. The van der Waals surface area contributed by atoms with Crippen LogP contribution in [0.3, 0.4) is 0 Å². The number of rotatable bonds is 5. The van der Waals surface area contributed by atoms with Crippen LogP contribution in [-0.4, -0.2) is 17.1 Å². The van der Waals surface area contributed by atoms with E-state index in [0.717, 1.165) is 5.69 Å². The van der Waals surface area contributed by atoms with Gasteiger partial charge in [-0.15, -0.1) is 0 Å². The summed E-state index contributed by atoms with van der Waals surface area (Å²) in [6.07, 6.45) is 0. The van der Waals surface area contributed by atoms with E-state index in [1.807, 2.05) is 44.2 Å². The van der Waals surface area contributed by atoms with Crippen molar-refractivity contribution < 1.29 is 14.6 Å². The third-order valence-corrected chi connectivity index (χ3v) is 2.64. The van der Waals surface area contributed by atoms with Crippen molar-refractivity contribution in [3.63, 3.8) is 0 Å². The van der Waals surface area contributed by atoms with Gasteiger partial charge in [0.05, 0.1) is 11.3 Å². The van der Waals surface area contributed by atoms with Gasteiger partial charge in [-0.3, -0.25) is 0 Å². The van der Waals surface area contributed by atoms with Gasteiger partial charge in [-0.2, -0.15) is 0 Å². The van der Waals surface area contributed by atoms with E-state index in [1.165, 1.54) is 6.07 Å². The average Bonchev–Trinajstić information content (AvgIpc) is 2.41. The van der Waals surface area contributed by atoms with Crippen molar-refractivity contribution >= 4 is 11.7 Å². The van der Waals surface area contributed by atoms with Crippen LogP contribution in [0.4, 0.5) is 5.69 Å². The predicted octanol–water partition coefficient (Wildman–Crippen LogP) is 4.00. The Morgan fingerprint density at radius 1 is 1.15 bits per heavy atom. The van der Waals surface area contributed by atoms with Crippen LogP contribution in [0.15, 0.2) is 48.5 Å². The lowest BCUT2D eigenvalue weighted by Crippen LogP contribution is -2.11. The third kappa shape index (κ3) is 3.51. The molecule has 0 heterocycles. The second-order valence-electron chi connectivity index (χ2n) is 4.73. The lowest BCUT2D eigenvalue weighted by atomic mass is 10.1. The molecular formula is C16H17NO3. The van der Waals surface area contributed by atoms with Crippen LogP contribution in [0.25, 0.3) is 0 Å². The molecule has 0 aromatic heterocycles. The number of benzene rings is 2. The van der Waals surface area contributed by atoms with Crippen LogP contribution in [0, 0.1) is 0 Å². The van der Waals surface area contributed by atoms with Gasteiger partial charge in [0.15, 0.2) is 5.75 Å². The van der Waals surface area contributed by atoms with Crippen LogP contribution in [0.1, 0.15) is 24.2 Å². The molecule has 0 atom stereocenters. The Bertz CT molecular complexity index is 594. The highest BCUT2D eigenvalue weighted by Crippen LogP contribution is 2.31. The predicted molar refractivity (Wildman–Crippen MR) is 78.7 cm³/mol. The Balaban J connectivity index is 2.35. The Morgan fingerprint density at radius 2 is 1.85 bits per heavy atom. The molecule has 4 nitrogen and oxygen atoms in total. The van der Waals surface area contributed by atoms with Crippen LogP contribution >= 0.6 is 0 Å². The minimum atomic E-state index is -0.973. The molecular weight excluding hydrogens is 254 g/mol. The van der Waals surface area contributed by atoms with Gasteiger partial charge in [-0.05, 0) is 44.2 Å². The minimum absolute atomic E-state index is 0.199. The summed E-state index contributed by atoms with van der Waals surface area (Å²) in [5, 5.41) is 12.3. The number of carboxylic acids is 1. The Kier molecular flexibility index (Phi) is 4.25. The normalized spacial score (nSPS) is 10.3. The first-order valence-electron chi connectivity index (χ1n) is 6.43. The number of aromatic carboxylic acids is 1. The van der Waals surface area contributed by atoms with Gasteiger partial charge in [0.2, 0.25) is 0 Å². The Morgan fingerprint density at radius 3 is 2.45 bits per heavy atom. The van der Waals surface area contributed by atoms with Gasteiger partial charge in [-0.25, -0.2) is 4.79 Å². The standard InChI is InChI=1S/C16H17NO3/c1-11(2)17-14-9-8-12(16(18)19)10-15(14)20-13-6-4-3-5-7-13/h3-11,17H,1-2H3,(H,18,19). The zero-order valence-corrected chi connectivity index (χ0v) is 11.5. The third-order valence-electron chi connectivity index (χ3n) is 2.64. The zero-order valence-electron chi connectivity index (χ0n) is 11.5. The van der Waals surface area contributed by atoms with Crippen molar-refractivity contribution in [3.8, 4) is 11.5 Å². The van der Waals surface area contributed by atoms with Crippen molar-refractivity contribution in [3.05, 3.63) is 54.1 Å². The van der Waals surface area contributed by atoms with Gasteiger partial charge in [-0.1, -0.05) is 18.2 Å². The summed E-state index contributed by atoms with van der Waals surface area (Å²) in [7, 11) is 0. The molecule has 0 fully saturated rings. The average molecular weight is 271 g/mol. The van der Waals surface area contributed by atoms with Crippen LogP contribution in [0.2, 0.25) is 0 Å². The van der Waals surface area contributed by atoms with E-state index in [9.17, 15) is 4.79 Å². The molecule has 2 rings (SSSR count). The van der Waals surface area contributed by atoms with Gasteiger partial charge in [0, 0.05) is 6.04 Å². The molecule has 0 amide bonds. The molecule has 0 unspecified atom stereocenters. The number of ether oxygens (including phenoxy) is 1. The number of para-hydroxylation sites is 1. The number of hydrogen-bond donors (Lipinski definition) is 2. The van der Waals surface area contributed by atoms with E-state index in [2.05, 4.69) is 5.32 Å². The summed E-state index contributed by atoms with van der Waals surface area (Å²) in [5.74, 6) is 0.200. The fourth-order valence-electron chi connectivity index (χ4n) is 1.79. The van der Waals surface area contributed by atoms with Gasteiger partial charge >= 0.3 is 5.97 Å². The first-order chi connectivity index (χ1) is 9.56. The van der Waals surface area contributed by atoms with Crippen molar-refractivity contribution in [2.45, 2.75) is 19.9 Å². The molecule has 0 spiro atoms. The van der Waals surface area contributed by atoms with E-state index in [0.29, 0.717) is 11.5 Å². The fraction of sp³-hybridized carbons (Fsp3) is 0.188. The maximum atomic E-state index is 11.1. The fourth-order valence-corrected chi connectivity index (χ4v) is 1.79. The second kappa shape index (κ2) is 6.10. The minimum Gasteiger partial charge on any atom is -0.478 e. The largest absolute Gasteiger partial charge is 0.478 e. The molecule has 0 saturated heterocycles. The first kappa shape index (κ1) is 13.9. The van der Waals surface area contributed by atoms with E-state index < -0.39 is 5.97 Å². The molecule has 2 N–H and O–H groups in total. The van der Waals surface area contributed by atoms with Crippen molar-refractivity contribution in [2.24, 2.45) is 0 Å². The molecule has 0 aliphatic rings. The molecule has 4 heteroatoms. The quantitative estimate of drug-likeness (QED) is 0.863. The smallest absolute Gasteiger partial charge is 0.335 e. The molecule has 0 saturated carbocycles. The molecule has 2 aromatic rings. The monoisotopic (exact) mass is 271 g/mol. The summed E-state index contributed by atoms with van der Waals surface area (Å²) >= 11 is 0. The summed E-state index contributed by atoms with van der Waals surface area (Å²) in [4.78, 5) is 11.1. The Hall–Kier alpha value is -2.49. The number of anilines is 1. The van der Waals surface area contributed by atoms with E-state index in [4.69, 9.17) is 9.84 Å². The summed E-state index contributed by atoms with van der Waals surface area (Å²) in [5.41, 5.74) is 0.971. The van der Waals surface area contributed by atoms with Gasteiger partial charge in [0.25, 0.3) is 0 Å². The maximum absolute atomic E-state index is 11.1. The lowest BCUT2D eigenvalue weighted by molar-refractivity contribution is 0.0696. The van der Waals surface area contributed by atoms with Crippen molar-refractivity contribution in [1.29, 1.82) is 0 Å². The van der Waals surface area contributed by atoms with E-state index >= 15 is 0 Å². The summed E-state index contributed by atoms with van der Waals surface area (Å²) < 4.78 is 5.78. The Labute approximate surface area is 118 Å². The lowest BCUT2D eigenvalue weighted by Gasteiger charge is -2.16. The number of nitrogens with one attached hydrogen (secondary N) is 1. The highest BCUT2D eigenvalue weighted by molar-refractivity contribution is 5.89. The van der Waals surface area contributed by atoms with Crippen LogP contribution in [0.5, 0.6) is 11.5 Å². The number of carboxylic acid groups (broad SMARTS) is 1. The topological polar surface area (TPSA) is 58.6 Å². The molecule has 2 aromatic carbocycles. The van der Waals surface area contributed by atoms with Gasteiger partial charge in [0.1, 0.15) is 5.75 Å². The molecule has 0 bridgehead atoms. The first-order valence-corrected chi connectivity index (χ1v) is 6.43. The van der Waals surface area contributed by atoms with Crippen LogP contribution in [-0.2, 0) is 0 Å². The molecule has 0 aliphatic carbocycles. The van der Waals surface area contributed by atoms with E-state index in [-0.39, 0.29) is 11.6 Å². The van der Waals surface area contributed by atoms with Gasteiger partial charge < -0.3 is 15.2 Å². The zero-order chi connectivity index (χ0) is 14.5. The highest BCUT2D eigenvalue weighted by atomic mass is 16.5. The highest BCUT2D eigenvalue weighted by Gasteiger charge is 2.11. The molecule has 0 aliphatic heterocycles. The van der Waals surface area contributed by atoms with E-state index in [1.54, 1.807) is 12.1 Å². The SMILES string of the molecule is CC(C)Nc1ccc(C(=O)O)cc1Oc1ccccc1. The number of carbonyl (C=O) groups is 1. The van der Waals surface area contributed by atoms with Crippen molar-refractivity contribution in [1.82, 2.24) is 0 Å². The summed E-state index contributed by atoms with van der Waals surface area (Å²) in [6, 6.07) is 14.3. The van der Waals surface area contributed by atoms with Crippen molar-refractivity contribution in [2.75, 3.05) is 5.32 Å². The maximum Gasteiger partial charge on any atom is 0.335 e.